The summed E-state index contributed by atoms with van der Waals surface area (Å²) in [6.07, 6.45) is 3.69. The molecule has 0 spiro atoms. The van der Waals surface area contributed by atoms with Crippen molar-refractivity contribution in [2.24, 2.45) is 0 Å². The number of benzene rings is 2. The Labute approximate surface area is 235 Å². The van der Waals surface area contributed by atoms with Crippen molar-refractivity contribution in [1.82, 2.24) is 24.8 Å². The molecule has 4 heterocycles. The molecule has 2 aliphatic heterocycles. The van der Waals surface area contributed by atoms with E-state index in [4.69, 9.17) is 29.4 Å². The number of likely N-dealkylation sites (N-methyl/N-ethyl adjacent to an activating group) is 1. The van der Waals surface area contributed by atoms with Crippen molar-refractivity contribution >= 4 is 22.5 Å². The fourth-order valence-electron chi connectivity index (χ4n) is 5.55. The number of aryl methyl sites for hydroxylation is 2. The van der Waals surface area contributed by atoms with Gasteiger partial charge in [0.15, 0.2) is 11.5 Å². The summed E-state index contributed by atoms with van der Waals surface area (Å²) in [6.45, 7) is 6.03. The molecule has 208 valence electrons. The van der Waals surface area contributed by atoms with Crippen molar-refractivity contribution in [2.45, 2.75) is 25.7 Å². The van der Waals surface area contributed by atoms with Gasteiger partial charge in [-0.05, 0) is 50.2 Å². The predicted octanol–water partition coefficient (Wildman–Crippen LogP) is 4.24. The van der Waals surface area contributed by atoms with Crippen LogP contribution >= 0.6 is 0 Å². The van der Waals surface area contributed by atoms with Gasteiger partial charge >= 0.3 is 0 Å². The van der Waals surface area contributed by atoms with Crippen molar-refractivity contribution in [2.75, 3.05) is 70.3 Å². The number of ether oxygens (including phenoxy) is 2. The van der Waals surface area contributed by atoms with Gasteiger partial charge in [-0.3, -0.25) is 0 Å². The number of rotatable bonds is 8. The van der Waals surface area contributed by atoms with Gasteiger partial charge in [-0.1, -0.05) is 12.1 Å². The number of hydrogen-bond donors (Lipinski definition) is 0. The zero-order valence-corrected chi connectivity index (χ0v) is 23.6. The van der Waals surface area contributed by atoms with E-state index in [1.807, 2.05) is 24.3 Å². The first-order valence-electron chi connectivity index (χ1n) is 14.2. The SMILES string of the molecule is COc1ccc(-c2cc(N3CCCC3)nc(CCc3nc(N4CCN(C)CC4)c4ccccc4n3)n2)cc1OC. The van der Waals surface area contributed by atoms with E-state index >= 15 is 0 Å². The Bertz CT molecular complexity index is 1480. The average Bonchev–Trinajstić information content (AvgIpc) is 3.55. The van der Waals surface area contributed by atoms with Gasteiger partial charge in [0.1, 0.15) is 23.3 Å². The Morgan fingerprint density at radius 2 is 1.43 bits per heavy atom. The fraction of sp³-hybridized carbons (Fsp3) is 0.419. The molecule has 40 heavy (non-hydrogen) atoms. The second-order valence-electron chi connectivity index (χ2n) is 10.6. The maximum Gasteiger partial charge on any atom is 0.161 e. The zero-order valence-electron chi connectivity index (χ0n) is 23.6. The Morgan fingerprint density at radius 3 is 2.17 bits per heavy atom. The van der Waals surface area contributed by atoms with Gasteiger partial charge in [0.05, 0.1) is 25.4 Å². The number of anilines is 2. The molecule has 0 atom stereocenters. The summed E-state index contributed by atoms with van der Waals surface area (Å²) in [4.78, 5) is 27.1. The summed E-state index contributed by atoms with van der Waals surface area (Å²) in [5, 5.41) is 1.11. The van der Waals surface area contributed by atoms with Gasteiger partial charge in [0, 0.05) is 69.1 Å². The van der Waals surface area contributed by atoms with Crippen LogP contribution in [0.2, 0.25) is 0 Å². The summed E-state index contributed by atoms with van der Waals surface area (Å²) in [7, 11) is 5.48. The van der Waals surface area contributed by atoms with Crippen LogP contribution in [0.3, 0.4) is 0 Å². The molecule has 6 rings (SSSR count). The highest BCUT2D eigenvalue weighted by atomic mass is 16.5. The Kier molecular flexibility index (Phi) is 7.64. The molecule has 2 fully saturated rings. The third-order valence-corrected chi connectivity index (χ3v) is 7.87. The molecule has 0 unspecified atom stereocenters. The highest BCUT2D eigenvalue weighted by Gasteiger charge is 2.20. The molecular formula is C31H37N7O2. The maximum absolute atomic E-state index is 5.56. The highest BCUT2D eigenvalue weighted by molar-refractivity contribution is 5.89. The van der Waals surface area contributed by atoms with Gasteiger partial charge in [-0.15, -0.1) is 0 Å². The minimum atomic E-state index is 0.655. The lowest BCUT2D eigenvalue weighted by molar-refractivity contribution is 0.312. The molecule has 2 saturated heterocycles. The smallest absolute Gasteiger partial charge is 0.161 e. The van der Waals surface area contributed by atoms with Crippen LogP contribution in [-0.2, 0) is 12.8 Å². The molecule has 2 aromatic carbocycles. The number of aromatic nitrogens is 4. The van der Waals surface area contributed by atoms with Gasteiger partial charge < -0.3 is 24.2 Å². The topological polar surface area (TPSA) is 79.7 Å². The third-order valence-electron chi connectivity index (χ3n) is 7.87. The van der Waals surface area contributed by atoms with Crippen LogP contribution in [0.5, 0.6) is 11.5 Å². The van der Waals surface area contributed by atoms with E-state index in [9.17, 15) is 0 Å². The second kappa shape index (κ2) is 11.6. The molecule has 9 nitrogen and oxygen atoms in total. The van der Waals surface area contributed by atoms with Crippen LogP contribution in [0.1, 0.15) is 24.5 Å². The molecule has 0 amide bonds. The second-order valence-corrected chi connectivity index (χ2v) is 10.6. The molecule has 0 bridgehead atoms. The van der Waals surface area contributed by atoms with Crippen molar-refractivity contribution < 1.29 is 9.47 Å². The molecular weight excluding hydrogens is 502 g/mol. The van der Waals surface area contributed by atoms with Gasteiger partial charge in [0.2, 0.25) is 0 Å². The van der Waals surface area contributed by atoms with Crippen LogP contribution in [0.25, 0.3) is 22.2 Å². The van der Waals surface area contributed by atoms with Crippen LogP contribution in [-0.4, -0.2) is 85.4 Å². The fourth-order valence-corrected chi connectivity index (χ4v) is 5.55. The zero-order chi connectivity index (χ0) is 27.5. The standard InChI is InChI=1S/C31H37N7O2/c1-36-16-18-38(19-17-36)31-23-8-4-5-9-24(23)32-29(35-31)13-12-28-33-25(21-30(34-28)37-14-6-7-15-37)22-10-11-26(39-2)27(20-22)40-3/h4-5,8-11,20-21H,6-7,12-19H2,1-3H3. The van der Waals surface area contributed by atoms with E-state index in [1.54, 1.807) is 14.2 Å². The molecule has 9 heteroatoms. The molecule has 0 N–H and O–H groups in total. The summed E-state index contributed by atoms with van der Waals surface area (Å²) < 4.78 is 11.0. The largest absolute Gasteiger partial charge is 0.493 e. The van der Waals surface area contributed by atoms with Crippen molar-refractivity contribution in [3.63, 3.8) is 0 Å². The molecule has 0 aliphatic carbocycles. The molecule has 2 aromatic heterocycles. The number of nitrogens with zero attached hydrogens (tertiary/aromatic N) is 7. The molecule has 4 aromatic rings. The van der Waals surface area contributed by atoms with Crippen molar-refractivity contribution in [3.8, 4) is 22.8 Å². The number of methoxy groups -OCH3 is 2. The highest BCUT2D eigenvalue weighted by Crippen LogP contribution is 2.33. The van der Waals surface area contributed by atoms with E-state index in [1.165, 1.54) is 12.8 Å². The van der Waals surface area contributed by atoms with E-state index < -0.39 is 0 Å². The average molecular weight is 540 g/mol. The van der Waals surface area contributed by atoms with Crippen molar-refractivity contribution in [3.05, 3.63) is 60.2 Å². The normalized spacial score (nSPS) is 16.1. The minimum absolute atomic E-state index is 0.655. The molecule has 2 aliphatic rings. The van der Waals surface area contributed by atoms with Crippen LogP contribution in [0.4, 0.5) is 11.6 Å². The predicted molar refractivity (Wildman–Crippen MR) is 159 cm³/mol. The van der Waals surface area contributed by atoms with Crippen molar-refractivity contribution in [1.29, 1.82) is 0 Å². The maximum atomic E-state index is 5.56. The lowest BCUT2D eigenvalue weighted by Gasteiger charge is -2.33. The monoisotopic (exact) mass is 539 g/mol. The van der Waals surface area contributed by atoms with E-state index in [0.717, 1.165) is 84.7 Å². The van der Waals surface area contributed by atoms with Gasteiger partial charge in [0.25, 0.3) is 0 Å². The van der Waals surface area contributed by atoms with Crippen LogP contribution in [0.15, 0.2) is 48.5 Å². The lowest BCUT2D eigenvalue weighted by atomic mass is 10.1. The quantitative estimate of drug-likeness (QED) is 0.327. The Morgan fingerprint density at radius 1 is 0.700 bits per heavy atom. The summed E-state index contributed by atoms with van der Waals surface area (Å²) >= 11 is 0. The van der Waals surface area contributed by atoms with E-state index in [2.05, 4.69) is 46.0 Å². The molecule has 0 radical (unpaired) electrons. The first-order valence-corrected chi connectivity index (χ1v) is 14.2. The first kappa shape index (κ1) is 26.3. The summed E-state index contributed by atoms with van der Waals surface area (Å²) in [5.41, 5.74) is 2.84. The van der Waals surface area contributed by atoms with Crippen LogP contribution < -0.4 is 19.3 Å². The Hall–Kier alpha value is -3.98. The summed E-state index contributed by atoms with van der Waals surface area (Å²) in [6, 6.07) is 16.3. The number of piperazine rings is 1. The molecule has 0 saturated carbocycles. The van der Waals surface area contributed by atoms with Gasteiger partial charge in [-0.2, -0.15) is 0 Å². The third kappa shape index (κ3) is 5.51. The van der Waals surface area contributed by atoms with Crippen LogP contribution in [0, 0.1) is 0 Å². The van der Waals surface area contributed by atoms with Gasteiger partial charge in [-0.25, -0.2) is 19.9 Å². The van der Waals surface area contributed by atoms with E-state index in [-0.39, 0.29) is 0 Å². The lowest BCUT2D eigenvalue weighted by Crippen LogP contribution is -2.45. The number of hydrogen-bond acceptors (Lipinski definition) is 9. The summed E-state index contributed by atoms with van der Waals surface area (Å²) in [5.74, 6) is 5.02. The number of fused-ring (bicyclic) bond motifs is 1. The Balaban J connectivity index is 1.32. The first-order chi connectivity index (χ1) is 19.6. The minimum Gasteiger partial charge on any atom is -0.493 e. The van der Waals surface area contributed by atoms with E-state index in [0.29, 0.717) is 24.3 Å². The number of para-hydroxylation sites is 1.